The predicted molar refractivity (Wildman–Crippen MR) is 82.3 cm³/mol. The van der Waals surface area contributed by atoms with E-state index in [1.165, 1.54) is 24.1 Å². The molecule has 1 aromatic rings. The zero-order valence-electron chi connectivity index (χ0n) is 12.6. The summed E-state index contributed by atoms with van der Waals surface area (Å²) in [4.78, 5) is 24.7. The summed E-state index contributed by atoms with van der Waals surface area (Å²) in [5.41, 5.74) is 12.1. The number of aliphatic carboxylic acids is 1. The molecule has 0 bridgehead atoms. The number of nitrogens with two attached hydrogens (primary N) is 2. The standard InChI is InChI=1S/C15H23N3O4/c1-18(13(15(21)22)3-2-8-16)14(20)12(17)9-10-4-6-11(19)7-5-10/h4-7,12-13,19H,2-3,8-9,16-17H2,1H3,(H,21,22)/t12-,13-/m1/s1. The van der Waals surface area contributed by atoms with E-state index in [4.69, 9.17) is 11.5 Å². The van der Waals surface area contributed by atoms with Crippen LogP contribution in [0.15, 0.2) is 24.3 Å². The Bertz CT molecular complexity index is 504. The van der Waals surface area contributed by atoms with E-state index in [-0.39, 0.29) is 12.2 Å². The van der Waals surface area contributed by atoms with E-state index in [0.29, 0.717) is 19.4 Å². The highest BCUT2D eigenvalue weighted by Gasteiger charge is 2.29. The van der Waals surface area contributed by atoms with Gasteiger partial charge in [0.2, 0.25) is 5.91 Å². The number of carboxylic acid groups (broad SMARTS) is 1. The molecule has 7 heteroatoms. The van der Waals surface area contributed by atoms with Crippen molar-refractivity contribution in [3.05, 3.63) is 29.8 Å². The van der Waals surface area contributed by atoms with Gasteiger partial charge in [-0.15, -0.1) is 0 Å². The fourth-order valence-electron chi connectivity index (χ4n) is 2.18. The van der Waals surface area contributed by atoms with E-state index in [0.717, 1.165) is 5.56 Å². The monoisotopic (exact) mass is 309 g/mol. The molecule has 1 aromatic carbocycles. The van der Waals surface area contributed by atoms with Gasteiger partial charge >= 0.3 is 5.97 Å². The molecule has 0 radical (unpaired) electrons. The summed E-state index contributed by atoms with van der Waals surface area (Å²) in [7, 11) is 1.44. The molecule has 0 saturated heterocycles. The third-order valence-electron chi connectivity index (χ3n) is 3.49. The number of hydrogen-bond donors (Lipinski definition) is 4. The maximum Gasteiger partial charge on any atom is 0.326 e. The summed E-state index contributed by atoms with van der Waals surface area (Å²) >= 11 is 0. The number of carbonyl (C=O) groups is 2. The molecule has 1 rings (SSSR count). The van der Waals surface area contributed by atoms with Crippen LogP contribution in [0.4, 0.5) is 0 Å². The predicted octanol–water partition coefficient (Wildman–Crippen LogP) is -0.0875. The largest absolute Gasteiger partial charge is 0.508 e. The van der Waals surface area contributed by atoms with Gasteiger partial charge in [-0.1, -0.05) is 12.1 Å². The van der Waals surface area contributed by atoms with Gasteiger partial charge in [0.1, 0.15) is 11.8 Å². The number of aromatic hydroxyl groups is 1. The SMILES string of the molecule is CN(C(=O)[C@H](N)Cc1ccc(O)cc1)[C@H](CCCN)C(=O)O. The van der Waals surface area contributed by atoms with Crippen LogP contribution in [0.3, 0.4) is 0 Å². The van der Waals surface area contributed by atoms with Crippen LogP contribution < -0.4 is 11.5 Å². The average Bonchev–Trinajstić information content (AvgIpc) is 2.48. The average molecular weight is 309 g/mol. The first-order chi connectivity index (χ1) is 10.4. The Morgan fingerprint density at radius 1 is 1.27 bits per heavy atom. The van der Waals surface area contributed by atoms with E-state index in [2.05, 4.69) is 0 Å². The van der Waals surface area contributed by atoms with Crippen molar-refractivity contribution in [1.29, 1.82) is 0 Å². The molecule has 0 saturated carbocycles. The second kappa shape index (κ2) is 8.35. The number of likely N-dealkylation sites (N-methyl/N-ethyl adjacent to an activating group) is 1. The Morgan fingerprint density at radius 2 is 1.86 bits per heavy atom. The topological polar surface area (TPSA) is 130 Å². The van der Waals surface area contributed by atoms with Gasteiger partial charge in [0.25, 0.3) is 0 Å². The molecule has 0 heterocycles. The van der Waals surface area contributed by atoms with Crippen molar-refractivity contribution >= 4 is 11.9 Å². The van der Waals surface area contributed by atoms with Crippen LogP contribution in [0.2, 0.25) is 0 Å². The van der Waals surface area contributed by atoms with E-state index in [9.17, 15) is 19.8 Å². The second-order valence-corrected chi connectivity index (χ2v) is 5.21. The number of benzene rings is 1. The lowest BCUT2D eigenvalue weighted by Crippen LogP contribution is -2.50. The number of nitrogens with zero attached hydrogens (tertiary/aromatic N) is 1. The Kier molecular flexibility index (Phi) is 6.81. The number of carbonyl (C=O) groups excluding carboxylic acids is 1. The number of hydrogen-bond acceptors (Lipinski definition) is 5. The summed E-state index contributed by atoms with van der Waals surface area (Å²) in [5.74, 6) is -1.37. The van der Waals surface area contributed by atoms with Crippen molar-refractivity contribution in [3.8, 4) is 5.75 Å². The van der Waals surface area contributed by atoms with Gasteiger partial charge < -0.3 is 26.6 Å². The molecule has 1 amide bonds. The van der Waals surface area contributed by atoms with Gasteiger partial charge in [-0.05, 0) is 43.5 Å². The van der Waals surface area contributed by atoms with Gasteiger partial charge in [-0.2, -0.15) is 0 Å². The highest BCUT2D eigenvalue weighted by atomic mass is 16.4. The zero-order valence-corrected chi connectivity index (χ0v) is 12.6. The molecule has 122 valence electrons. The lowest BCUT2D eigenvalue weighted by Gasteiger charge is -2.27. The number of carboxylic acids is 1. The van der Waals surface area contributed by atoms with Crippen LogP contribution in [-0.4, -0.2) is 52.7 Å². The van der Waals surface area contributed by atoms with Crippen molar-refractivity contribution in [2.45, 2.75) is 31.3 Å². The molecule has 7 nitrogen and oxygen atoms in total. The third kappa shape index (κ3) is 5.01. The molecule has 0 aromatic heterocycles. The minimum Gasteiger partial charge on any atom is -0.508 e. The number of phenols is 1. The smallest absolute Gasteiger partial charge is 0.326 e. The van der Waals surface area contributed by atoms with Gasteiger partial charge in [-0.25, -0.2) is 4.79 Å². The van der Waals surface area contributed by atoms with Crippen molar-refractivity contribution in [1.82, 2.24) is 4.90 Å². The molecule has 22 heavy (non-hydrogen) atoms. The molecule has 2 atom stereocenters. The number of amides is 1. The van der Waals surface area contributed by atoms with Crippen molar-refractivity contribution in [2.75, 3.05) is 13.6 Å². The highest BCUT2D eigenvalue weighted by Crippen LogP contribution is 2.13. The fraction of sp³-hybridized carbons (Fsp3) is 0.467. The lowest BCUT2D eigenvalue weighted by atomic mass is 10.0. The Balaban J connectivity index is 2.70. The molecule has 0 fully saturated rings. The van der Waals surface area contributed by atoms with Crippen LogP contribution >= 0.6 is 0 Å². The minimum absolute atomic E-state index is 0.133. The third-order valence-corrected chi connectivity index (χ3v) is 3.49. The maximum absolute atomic E-state index is 12.3. The fourth-order valence-corrected chi connectivity index (χ4v) is 2.18. The van der Waals surface area contributed by atoms with Crippen molar-refractivity contribution in [2.24, 2.45) is 11.5 Å². The minimum atomic E-state index is -1.07. The first-order valence-corrected chi connectivity index (χ1v) is 7.09. The Morgan fingerprint density at radius 3 is 2.36 bits per heavy atom. The van der Waals surface area contributed by atoms with E-state index in [1.54, 1.807) is 12.1 Å². The number of rotatable bonds is 8. The summed E-state index contributed by atoms with van der Waals surface area (Å²) in [5, 5.41) is 18.4. The number of phenolic OH excluding ortho intramolecular Hbond substituents is 1. The van der Waals surface area contributed by atoms with Crippen molar-refractivity contribution < 1.29 is 19.8 Å². The van der Waals surface area contributed by atoms with Crippen molar-refractivity contribution in [3.63, 3.8) is 0 Å². The van der Waals surface area contributed by atoms with Gasteiger partial charge in [0.05, 0.1) is 6.04 Å². The van der Waals surface area contributed by atoms with Gasteiger partial charge in [0, 0.05) is 7.05 Å². The maximum atomic E-state index is 12.3. The van der Waals surface area contributed by atoms with Crippen LogP contribution in [0.1, 0.15) is 18.4 Å². The van der Waals surface area contributed by atoms with Crippen LogP contribution in [0.5, 0.6) is 5.75 Å². The molecular formula is C15H23N3O4. The highest BCUT2D eigenvalue weighted by molar-refractivity contribution is 5.86. The molecule has 0 aliphatic heterocycles. The summed E-state index contributed by atoms with van der Waals surface area (Å²) in [6.45, 7) is 0.366. The van der Waals surface area contributed by atoms with Crippen LogP contribution in [0, 0.1) is 0 Å². The summed E-state index contributed by atoms with van der Waals surface area (Å²) < 4.78 is 0. The molecule has 0 unspecified atom stereocenters. The first-order valence-electron chi connectivity index (χ1n) is 7.09. The van der Waals surface area contributed by atoms with E-state index < -0.39 is 24.0 Å². The molecule has 0 spiro atoms. The lowest BCUT2D eigenvalue weighted by molar-refractivity contribution is -0.149. The van der Waals surface area contributed by atoms with E-state index >= 15 is 0 Å². The molecule has 0 aliphatic carbocycles. The Hall–Kier alpha value is -2.12. The zero-order chi connectivity index (χ0) is 16.7. The quantitative estimate of drug-likeness (QED) is 0.531. The van der Waals surface area contributed by atoms with Crippen LogP contribution in [-0.2, 0) is 16.0 Å². The summed E-state index contributed by atoms with van der Waals surface area (Å²) in [6.07, 6.45) is 1.08. The molecule has 0 aliphatic rings. The molecular weight excluding hydrogens is 286 g/mol. The van der Waals surface area contributed by atoms with Crippen LogP contribution in [0.25, 0.3) is 0 Å². The molecule has 6 N–H and O–H groups in total. The normalized spacial score (nSPS) is 13.4. The Labute approximate surface area is 129 Å². The van der Waals surface area contributed by atoms with Gasteiger partial charge in [0.15, 0.2) is 0 Å². The van der Waals surface area contributed by atoms with Gasteiger partial charge in [-0.3, -0.25) is 4.79 Å². The van der Waals surface area contributed by atoms with E-state index in [1.807, 2.05) is 0 Å². The summed E-state index contributed by atoms with van der Waals surface area (Å²) in [6, 6.07) is 4.60. The first kappa shape index (κ1) is 17.9. The second-order valence-electron chi connectivity index (χ2n) is 5.21.